The Bertz CT molecular complexity index is 629. The molecule has 144 valence electrons. The average Bonchev–Trinajstić information content (AvgIpc) is 3.00. The lowest BCUT2D eigenvalue weighted by Crippen LogP contribution is -2.53. The van der Waals surface area contributed by atoms with Gasteiger partial charge in [-0.1, -0.05) is 0 Å². The third kappa shape index (κ3) is 3.30. The van der Waals surface area contributed by atoms with Gasteiger partial charge >= 0.3 is 0 Å². The molecule has 1 aromatic heterocycles. The maximum absolute atomic E-state index is 12.8. The predicted molar refractivity (Wildman–Crippen MR) is 104 cm³/mol. The number of nitrogens with zero attached hydrogens (tertiary/aromatic N) is 3. The van der Waals surface area contributed by atoms with E-state index in [1.54, 1.807) is 6.20 Å². The van der Waals surface area contributed by atoms with Crippen molar-refractivity contribution in [3.8, 4) is 0 Å². The Morgan fingerprint density at radius 3 is 2.35 bits per heavy atom. The molecule has 1 amide bonds. The van der Waals surface area contributed by atoms with Crippen LogP contribution in [0.1, 0.15) is 65.3 Å². The molecule has 0 aliphatic heterocycles. The molecular weight excluding hydrogens is 324 g/mol. The fraction of sp³-hybridized carbons (Fsp3) is 0.810. The number of nitrogens with one attached hydrogen (secondary N) is 1. The molecule has 5 heteroatoms. The molecule has 4 bridgehead atoms. The van der Waals surface area contributed by atoms with Crippen LogP contribution in [0.2, 0.25) is 0 Å². The van der Waals surface area contributed by atoms with E-state index in [2.05, 4.69) is 36.2 Å². The number of aromatic nitrogens is 2. The summed E-state index contributed by atoms with van der Waals surface area (Å²) in [5.41, 5.74) is 0.470. The van der Waals surface area contributed by atoms with E-state index in [1.165, 1.54) is 38.5 Å². The number of hydrogen-bond acceptors (Lipinski definition) is 3. The maximum Gasteiger partial charge on any atom is 0.242 e. The van der Waals surface area contributed by atoms with Crippen molar-refractivity contribution in [1.29, 1.82) is 0 Å². The molecule has 4 fully saturated rings. The highest BCUT2D eigenvalue weighted by Crippen LogP contribution is 2.60. The van der Waals surface area contributed by atoms with E-state index in [1.807, 2.05) is 17.7 Å². The number of carbonyl (C=O) groups is 1. The second-order valence-electron chi connectivity index (χ2n) is 9.75. The topological polar surface area (TPSA) is 50.2 Å². The fourth-order valence-electron chi connectivity index (χ4n) is 6.41. The molecule has 4 aliphatic rings. The van der Waals surface area contributed by atoms with Crippen LogP contribution in [0, 0.1) is 23.2 Å². The largest absolute Gasteiger partial charge is 0.310 e. The van der Waals surface area contributed by atoms with Crippen molar-refractivity contribution in [1.82, 2.24) is 14.7 Å². The van der Waals surface area contributed by atoms with Gasteiger partial charge in [-0.15, -0.1) is 0 Å². The zero-order valence-corrected chi connectivity index (χ0v) is 16.7. The van der Waals surface area contributed by atoms with Gasteiger partial charge in [-0.3, -0.25) is 9.69 Å². The summed E-state index contributed by atoms with van der Waals surface area (Å²) in [6.07, 6.45) is 10.3. The van der Waals surface area contributed by atoms with Gasteiger partial charge in [-0.05, 0) is 89.5 Å². The Labute approximate surface area is 157 Å². The molecule has 5 rings (SSSR count). The van der Waals surface area contributed by atoms with Gasteiger partial charge in [-0.2, -0.15) is 5.10 Å². The summed E-state index contributed by atoms with van der Waals surface area (Å²) in [7, 11) is 2.13. The normalized spacial score (nSPS) is 33.8. The van der Waals surface area contributed by atoms with E-state index in [-0.39, 0.29) is 18.0 Å². The lowest BCUT2D eigenvalue weighted by molar-refractivity contribution is -0.122. The third-order valence-electron chi connectivity index (χ3n) is 7.20. The molecule has 1 N–H and O–H groups in total. The first-order valence-electron chi connectivity index (χ1n) is 10.4. The van der Waals surface area contributed by atoms with Gasteiger partial charge in [0.25, 0.3) is 0 Å². The quantitative estimate of drug-likeness (QED) is 0.838. The van der Waals surface area contributed by atoms with Crippen LogP contribution in [0.4, 0.5) is 5.82 Å². The minimum Gasteiger partial charge on any atom is -0.310 e. The van der Waals surface area contributed by atoms with Crippen molar-refractivity contribution in [2.45, 2.75) is 71.4 Å². The van der Waals surface area contributed by atoms with Gasteiger partial charge in [0.2, 0.25) is 5.91 Å². The van der Waals surface area contributed by atoms with Crippen LogP contribution in [-0.2, 0) is 4.79 Å². The molecule has 1 unspecified atom stereocenters. The standard InChI is InChI=1S/C21H34N4O/c1-14(2)25-19(5-6-22-25)23-20(26)15(3)24(4)13-21-10-16-7-17(11-21)9-18(8-16)12-21/h5-6,14-18H,7-13H2,1-4H3,(H,23,26). The first kappa shape index (κ1) is 18.0. The van der Waals surface area contributed by atoms with Crippen LogP contribution < -0.4 is 5.32 Å². The average molecular weight is 359 g/mol. The van der Waals surface area contributed by atoms with Crippen molar-refractivity contribution in [3.63, 3.8) is 0 Å². The summed E-state index contributed by atoms with van der Waals surface area (Å²) in [4.78, 5) is 15.1. The maximum atomic E-state index is 12.8. The predicted octanol–water partition coefficient (Wildman–Crippen LogP) is 3.94. The van der Waals surface area contributed by atoms with Gasteiger partial charge in [0, 0.05) is 18.7 Å². The van der Waals surface area contributed by atoms with Crippen molar-refractivity contribution in [2.24, 2.45) is 23.2 Å². The first-order valence-corrected chi connectivity index (χ1v) is 10.4. The number of hydrogen-bond donors (Lipinski definition) is 1. The monoisotopic (exact) mass is 358 g/mol. The summed E-state index contributed by atoms with van der Waals surface area (Å²) in [6, 6.07) is 1.99. The molecule has 1 heterocycles. The second-order valence-corrected chi connectivity index (χ2v) is 9.75. The van der Waals surface area contributed by atoms with Gasteiger partial charge in [-0.25, -0.2) is 4.68 Å². The molecule has 0 aromatic carbocycles. The molecule has 5 nitrogen and oxygen atoms in total. The van der Waals surface area contributed by atoms with E-state index in [0.717, 1.165) is 30.1 Å². The third-order valence-corrected chi connectivity index (χ3v) is 7.20. The second kappa shape index (κ2) is 6.66. The minimum atomic E-state index is -0.126. The summed E-state index contributed by atoms with van der Waals surface area (Å²) in [6.45, 7) is 7.25. The van der Waals surface area contributed by atoms with Gasteiger partial charge < -0.3 is 5.32 Å². The summed E-state index contributed by atoms with van der Waals surface area (Å²) in [5.74, 6) is 3.73. The SMILES string of the molecule is CC(C(=O)Nc1ccnn1C(C)C)N(C)CC12CC3CC(CC(C3)C1)C2. The molecule has 1 atom stereocenters. The van der Waals surface area contributed by atoms with Crippen LogP contribution in [0.25, 0.3) is 0 Å². The summed E-state index contributed by atoms with van der Waals surface area (Å²) >= 11 is 0. The van der Waals surface area contributed by atoms with Gasteiger partial charge in [0.05, 0.1) is 12.2 Å². The van der Waals surface area contributed by atoms with E-state index < -0.39 is 0 Å². The van der Waals surface area contributed by atoms with E-state index in [4.69, 9.17) is 0 Å². The van der Waals surface area contributed by atoms with E-state index >= 15 is 0 Å². The van der Waals surface area contributed by atoms with Crippen LogP contribution in [0.15, 0.2) is 12.3 Å². The Hall–Kier alpha value is -1.36. The highest BCUT2D eigenvalue weighted by atomic mass is 16.2. The van der Waals surface area contributed by atoms with Crippen molar-refractivity contribution < 1.29 is 4.79 Å². The number of likely N-dealkylation sites (N-methyl/N-ethyl adjacent to an activating group) is 1. The Kier molecular flexibility index (Phi) is 4.62. The number of carbonyl (C=O) groups excluding carboxylic acids is 1. The fourth-order valence-corrected chi connectivity index (χ4v) is 6.41. The van der Waals surface area contributed by atoms with Crippen molar-refractivity contribution >= 4 is 11.7 Å². The smallest absolute Gasteiger partial charge is 0.242 e. The first-order chi connectivity index (χ1) is 12.3. The number of anilines is 1. The van der Waals surface area contributed by atoms with Crippen molar-refractivity contribution in [2.75, 3.05) is 18.9 Å². The van der Waals surface area contributed by atoms with Gasteiger partial charge in [0.1, 0.15) is 5.82 Å². The number of rotatable bonds is 6. The summed E-state index contributed by atoms with van der Waals surface area (Å²) < 4.78 is 1.86. The van der Waals surface area contributed by atoms with Crippen LogP contribution in [0.5, 0.6) is 0 Å². The van der Waals surface area contributed by atoms with Crippen LogP contribution in [-0.4, -0.2) is 40.2 Å². The Morgan fingerprint density at radius 2 is 1.81 bits per heavy atom. The van der Waals surface area contributed by atoms with Crippen molar-refractivity contribution in [3.05, 3.63) is 12.3 Å². The molecule has 4 saturated carbocycles. The molecular formula is C21H34N4O. The molecule has 0 radical (unpaired) electrons. The highest BCUT2D eigenvalue weighted by molar-refractivity contribution is 5.93. The van der Waals surface area contributed by atoms with Crippen LogP contribution >= 0.6 is 0 Å². The van der Waals surface area contributed by atoms with E-state index in [9.17, 15) is 4.79 Å². The molecule has 4 aliphatic carbocycles. The number of amides is 1. The lowest BCUT2D eigenvalue weighted by Gasteiger charge is -2.58. The summed E-state index contributed by atoms with van der Waals surface area (Å²) in [5, 5.41) is 7.39. The minimum absolute atomic E-state index is 0.0691. The molecule has 0 spiro atoms. The highest BCUT2D eigenvalue weighted by Gasteiger charge is 2.51. The Balaban J connectivity index is 1.39. The van der Waals surface area contributed by atoms with Crippen LogP contribution in [0.3, 0.4) is 0 Å². The van der Waals surface area contributed by atoms with E-state index in [0.29, 0.717) is 5.41 Å². The molecule has 0 saturated heterocycles. The zero-order chi connectivity index (χ0) is 18.5. The molecule has 1 aromatic rings. The molecule has 26 heavy (non-hydrogen) atoms. The Morgan fingerprint density at radius 1 is 1.23 bits per heavy atom. The van der Waals surface area contributed by atoms with Gasteiger partial charge in [0.15, 0.2) is 0 Å². The zero-order valence-electron chi connectivity index (χ0n) is 16.7. The lowest BCUT2D eigenvalue weighted by atomic mass is 9.49.